The van der Waals surface area contributed by atoms with Gasteiger partial charge in [0.25, 0.3) is 0 Å². The van der Waals surface area contributed by atoms with Crippen LogP contribution in [0.15, 0.2) is 40.9 Å². The maximum Gasteiger partial charge on any atom is 0.0676 e. The predicted molar refractivity (Wildman–Crippen MR) is 85.8 cm³/mol. The number of rotatable bonds is 1. The SMILES string of the molecule is NC1(c2cccc3c2sc2cc(Br)ccc23)CNC1. The number of thiophene rings is 1. The minimum atomic E-state index is -0.197. The molecule has 0 bridgehead atoms. The van der Waals surface area contributed by atoms with Crippen LogP contribution in [-0.2, 0) is 5.54 Å². The standard InChI is InChI=1S/C15H13BrN2S/c16-9-4-5-10-11-2-1-3-12(15(17)7-18-8-15)14(11)19-13(10)6-9/h1-6,18H,7-8,17H2. The van der Waals surface area contributed by atoms with E-state index in [0.717, 1.165) is 17.6 Å². The zero-order valence-corrected chi connectivity index (χ0v) is 12.6. The van der Waals surface area contributed by atoms with Crippen LogP contribution in [0.1, 0.15) is 5.56 Å². The number of hydrogen-bond donors (Lipinski definition) is 2. The third-order valence-corrected chi connectivity index (χ3v) is 5.57. The molecule has 2 nitrogen and oxygen atoms in total. The first-order valence-electron chi connectivity index (χ1n) is 6.28. The first-order valence-corrected chi connectivity index (χ1v) is 7.89. The zero-order valence-electron chi connectivity index (χ0n) is 10.2. The number of hydrogen-bond acceptors (Lipinski definition) is 3. The maximum atomic E-state index is 6.48. The summed E-state index contributed by atoms with van der Waals surface area (Å²) < 4.78 is 3.77. The summed E-state index contributed by atoms with van der Waals surface area (Å²) in [6.45, 7) is 1.73. The van der Waals surface area contributed by atoms with E-state index in [1.165, 1.54) is 25.7 Å². The van der Waals surface area contributed by atoms with Crippen LogP contribution in [0.4, 0.5) is 0 Å². The molecule has 0 radical (unpaired) electrons. The molecule has 19 heavy (non-hydrogen) atoms. The van der Waals surface area contributed by atoms with Crippen molar-refractivity contribution in [1.82, 2.24) is 5.32 Å². The summed E-state index contributed by atoms with van der Waals surface area (Å²) in [5, 5.41) is 5.92. The quantitative estimate of drug-likeness (QED) is 0.714. The highest BCUT2D eigenvalue weighted by Crippen LogP contribution is 2.40. The molecule has 4 rings (SSSR count). The summed E-state index contributed by atoms with van der Waals surface area (Å²) >= 11 is 5.39. The highest BCUT2D eigenvalue weighted by Gasteiger charge is 2.36. The van der Waals surface area contributed by atoms with Gasteiger partial charge >= 0.3 is 0 Å². The molecule has 1 fully saturated rings. The van der Waals surface area contributed by atoms with Gasteiger partial charge in [0, 0.05) is 37.7 Å². The fourth-order valence-electron chi connectivity index (χ4n) is 2.75. The number of benzene rings is 2. The molecular weight excluding hydrogens is 320 g/mol. The Kier molecular flexibility index (Phi) is 2.51. The molecule has 0 amide bonds. The summed E-state index contributed by atoms with van der Waals surface area (Å²) in [5.41, 5.74) is 7.56. The minimum absolute atomic E-state index is 0.197. The van der Waals surface area contributed by atoms with E-state index in [-0.39, 0.29) is 5.54 Å². The lowest BCUT2D eigenvalue weighted by molar-refractivity contribution is 0.290. The van der Waals surface area contributed by atoms with Gasteiger partial charge in [0.05, 0.1) is 5.54 Å². The van der Waals surface area contributed by atoms with Crippen molar-refractivity contribution in [2.24, 2.45) is 5.73 Å². The van der Waals surface area contributed by atoms with Crippen molar-refractivity contribution in [3.8, 4) is 0 Å². The van der Waals surface area contributed by atoms with E-state index >= 15 is 0 Å². The molecule has 3 N–H and O–H groups in total. The van der Waals surface area contributed by atoms with Gasteiger partial charge in [0.15, 0.2) is 0 Å². The largest absolute Gasteiger partial charge is 0.319 e. The first kappa shape index (κ1) is 11.9. The molecule has 4 heteroatoms. The van der Waals surface area contributed by atoms with E-state index in [4.69, 9.17) is 5.73 Å². The highest BCUT2D eigenvalue weighted by molar-refractivity contribution is 9.10. The number of nitrogens with two attached hydrogens (primary N) is 1. The Labute approximate surface area is 123 Å². The van der Waals surface area contributed by atoms with Gasteiger partial charge in [-0.2, -0.15) is 0 Å². The summed E-state index contributed by atoms with van der Waals surface area (Å²) in [7, 11) is 0. The van der Waals surface area contributed by atoms with Crippen molar-refractivity contribution in [2.75, 3.05) is 13.1 Å². The molecule has 1 aromatic heterocycles. The molecule has 1 saturated heterocycles. The second kappa shape index (κ2) is 4.03. The molecule has 0 aliphatic carbocycles. The van der Waals surface area contributed by atoms with Crippen LogP contribution < -0.4 is 11.1 Å². The normalized spacial score (nSPS) is 17.8. The number of halogens is 1. The summed E-state index contributed by atoms with van der Waals surface area (Å²) in [6, 6.07) is 13.0. The number of nitrogens with one attached hydrogen (secondary N) is 1. The van der Waals surface area contributed by atoms with Gasteiger partial charge in [-0.05, 0) is 17.7 Å². The lowest BCUT2D eigenvalue weighted by Gasteiger charge is -2.39. The van der Waals surface area contributed by atoms with Crippen molar-refractivity contribution in [2.45, 2.75) is 5.54 Å². The second-order valence-corrected chi connectivity index (χ2v) is 7.15. The molecule has 0 spiro atoms. The van der Waals surface area contributed by atoms with Gasteiger partial charge in [-0.15, -0.1) is 11.3 Å². The second-order valence-electron chi connectivity index (χ2n) is 5.18. The van der Waals surface area contributed by atoms with Crippen LogP contribution in [0.5, 0.6) is 0 Å². The molecule has 0 saturated carbocycles. The summed E-state index contributed by atoms with van der Waals surface area (Å²) in [4.78, 5) is 0. The Bertz CT molecular complexity index is 789. The fraction of sp³-hybridized carbons (Fsp3) is 0.200. The van der Waals surface area contributed by atoms with Gasteiger partial charge < -0.3 is 11.1 Å². The van der Waals surface area contributed by atoms with Crippen LogP contribution in [0.2, 0.25) is 0 Å². The van der Waals surface area contributed by atoms with Crippen LogP contribution in [-0.4, -0.2) is 13.1 Å². The average molecular weight is 333 g/mol. The minimum Gasteiger partial charge on any atom is -0.319 e. The molecule has 1 aliphatic rings. The Hall–Kier alpha value is -0.940. The lowest BCUT2D eigenvalue weighted by Crippen LogP contribution is -2.62. The van der Waals surface area contributed by atoms with Crippen LogP contribution in [0.25, 0.3) is 20.2 Å². The van der Waals surface area contributed by atoms with Crippen molar-refractivity contribution >= 4 is 47.4 Å². The Balaban J connectivity index is 2.08. The summed E-state index contributed by atoms with van der Waals surface area (Å²) in [5.74, 6) is 0. The predicted octanol–water partition coefficient (Wildman–Crippen LogP) is 3.57. The van der Waals surface area contributed by atoms with Gasteiger partial charge in [-0.3, -0.25) is 0 Å². The Morgan fingerprint density at radius 3 is 2.74 bits per heavy atom. The van der Waals surface area contributed by atoms with Crippen molar-refractivity contribution in [1.29, 1.82) is 0 Å². The monoisotopic (exact) mass is 332 g/mol. The van der Waals surface area contributed by atoms with E-state index < -0.39 is 0 Å². The Morgan fingerprint density at radius 2 is 2.00 bits per heavy atom. The third-order valence-electron chi connectivity index (χ3n) is 3.88. The van der Waals surface area contributed by atoms with E-state index in [1.54, 1.807) is 0 Å². The highest BCUT2D eigenvalue weighted by atomic mass is 79.9. The van der Waals surface area contributed by atoms with E-state index in [9.17, 15) is 0 Å². The molecule has 3 aromatic rings. The van der Waals surface area contributed by atoms with E-state index in [1.807, 2.05) is 11.3 Å². The van der Waals surface area contributed by atoms with E-state index in [2.05, 4.69) is 57.6 Å². The fourth-order valence-corrected chi connectivity index (χ4v) is 4.62. The average Bonchev–Trinajstić information content (AvgIpc) is 2.73. The zero-order chi connectivity index (χ0) is 13.0. The van der Waals surface area contributed by atoms with Crippen LogP contribution in [0.3, 0.4) is 0 Å². The van der Waals surface area contributed by atoms with Gasteiger partial charge in [-0.25, -0.2) is 0 Å². The lowest BCUT2D eigenvalue weighted by atomic mass is 9.85. The summed E-state index contributed by atoms with van der Waals surface area (Å²) in [6.07, 6.45) is 0. The topological polar surface area (TPSA) is 38.0 Å². The van der Waals surface area contributed by atoms with Gasteiger partial charge in [0.2, 0.25) is 0 Å². The molecule has 0 atom stereocenters. The molecule has 2 heterocycles. The smallest absolute Gasteiger partial charge is 0.0676 e. The van der Waals surface area contributed by atoms with Crippen LogP contribution >= 0.6 is 27.3 Å². The molecule has 0 unspecified atom stereocenters. The Morgan fingerprint density at radius 1 is 1.16 bits per heavy atom. The van der Waals surface area contributed by atoms with Gasteiger partial charge in [-0.1, -0.05) is 40.2 Å². The molecule has 1 aliphatic heterocycles. The van der Waals surface area contributed by atoms with Crippen molar-refractivity contribution < 1.29 is 0 Å². The van der Waals surface area contributed by atoms with Crippen molar-refractivity contribution in [3.05, 3.63) is 46.4 Å². The van der Waals surface area contributed by atoms with Crippen molar-refractivity contribution in [3.63, 3.8) is 0 Å². The first-order chi connectivity index (χ1) is 9.17. The molecule has 96 valence electrons. The molecular formula is C15H13BrN2S. The maximum absolute atomic E-state index is 6.48. The van der Waals surface area contributed by atoms with Gasteiger partial charge in [0.1, 0.15) is 0 Å². The number of fused-ring (bicyclic) bond motifs is 3. The van der Waals surface area contributed by atoms with E-state index in [0.29, 0.717) is 0 Å². The third kappa shape index (κ3) is 1.68. The molecule has 2 aromatic carbocycles. The van der Waals surface area contributed by atoms with Crippen LogP contribution in [0, 0.1) is 0 Å².